The van der Waals surface area contributed by atoms with Crippen LogP contribution in [0.5, 0.6) is 0 Å². The number of aliphatic hydroxyl groups excluding tert-OH is 1. The third-order valence-electron chi connectivity index (χ3n) is 5.25. The van der Waals surface area contributed by atoms with Crippen LogP contribution in [0.3, 0.4) is 0 Å². The summed E-state index contributed by atoms with van der Waals surface area (Å²) >= 11 is 6.38. The van der Waals surface area contributed by atoms with Crippen LogP contribution in [0.1, 0.15) is 30.3 Å². The van der Waals surface area contributed by atoms with Crippen LogP contribution in [-0.4, -0.2) is 24.4 Å². The van der Waals surface area contributed by atoms with E-state index in [4.69, 9.17) is 11.6 Å². The SMILES string of the molecule is CCCc1ccc(-c2nc(CO)c(C)n2-c2cc(Cl)c3nn(C)c(F)c3c2)cc1F. The third-order valence-corrected chi connectivity index (χ3v) is 5.54. The molecule has 0 aliphatic rings. The highest BCUT2D eigenvalue weighted by molar-refractivity contribution is 6.35. The molecule has 0 aliphatic heterocycles. The van der Waals surface area contributed by atoms with E-state index in [0.717, 1.165) is 11.1 Å². The molecule has 2 aromatic heterocycles. The van der Waals surface area contributed by atoms with Gasteiger partial charge in [-0.05, 0) is 37.1 Å². The lowest BCUT2D eigenvalue weighted by Crippen LogP contribution is -2.01. The Balaban J connectivity index is 1.95. The van der Waals surface area contributed by atoms with E-state index in [1.54, 1.807) is 35.8 Å². The monoisotopic (exact) mass is 430 g/mol. The van der Waals surface area contributed by atoms with Crippen LogP contribution in [0.4, 0.5) is 8.78 Å². The van der Waals surface area contributed by atoms with Crippen molar-refractivity contribution in [1.29, 1.82) is 0 Å². The first-order valence-electron chi connectivity index (χ1n) is 9.65. The van der Waals surface area contributed by atoms with Gasteiger partial charge in [-0.3, -0.25) is 4.57 Å². The Bertz CT molecular complexity index is 1260. The van der Waals surface area contributed by atoms with Gasteiger partial charge in [0.05, 0.1) is 22.7 Å². The minimum Gasteiger partial charge on any atom is -0.390 e. The average Bonchev–Trinajstić information content (AvgIpc) is 3.21. The van der Waals surface area contributed by atoms with Crippen LogP contribution in [0.15, 0.2) is 30.3 Å². The minimum absolute atomic E-state index is 0.272. The summed E-state index contributed by atoms with van der Waals surface area (Å²) in [6.07, 6.45) is 1.49. The zero-order valence-corrected chi connectivity index (χ0v) is 17.6. The van der Waals surface area contributed by atoms with Gasteiger partial charge in [-0.2, -0.15) is 9.49 Å². The predicted molar refractivity (Wildman–Crippen MR) is 113 cm³/mol. The van der Waals surface area contributed by atoms with Gasteiger partial charge in [0.1, 0.15) is 17.2 Å². The predicted octanol–water partition coefficient (Wildman–Crippen LogP) is 5.11. The van der Waals surface area contributed by atoms with E-state index in [9.17, 15) is 13.9 Å². The number of aromatic nitrogens is 4. The molecule has 0 saturated carbocycles. The molecule has 5 nitrogen and oxygen atoms in total. The lowest BCUT2D eigenvalue weighted by molar-refractivity contribution is 0.276. The molecule has 0 amide bonds. The Morgan fingerprint density at radius 1 is 1.17 bits per heavy atom. The summed E-state index contributed by atoms with van der Waals surface area (Å²) in [5.74, 6) is -0.373. The molecule has 0 unspecified atom stereocenters. The topological polar surface area (TPSA) is 55.9 Å². The van der Waals surface area contributed by atoms with Crippen LogP contribution >= 0.6 is 11.6 Å². The Kier molecular flexibility index (Phi) is 5.34. The van der Waals surface area contributed by atoms with Crippen LogP contribution in [0.25, 0.3) is 28.0 Å². The summed E-state index contributed by atoms with van der Waals surface area (Å²) < 4.78 is 32.0. The normalized spacial score (nSPS) is 11.6. The zero-order chi connectivity index (χ0) is 21.6. The van der Waals surface area contributed by atoms with Gasteiger partial charge in [0, 0.05) is 24.0 Å². The number of rotatable bonds is 5. The van der Waals surface area contributed by atoms with Gasteiger partial charge in [0.15, 0.2) is 0 Å². The van der Waals surface area contributed by atoms with Crippen molar-refractivity contribution in [3.63, 3.8) is 0 Å². The Hall–Kier alpha value is -2.77. The van der Waals surface area contributed by atoms with E-state index < -0.39 is 5.95 Å². The second-order valence-corrected chi connectivity index (χ2v) is 7.66. The second kappa shape index (κ2) is 7.81. The standard InChI is InChI=1S/C22H21ClF2N4O/c1-4-5-13-6-7-14(8-18(13)24)22-26-19(11-30)12(2)29(22)15-9-16-20(17(23)10-15)27-28(3)21(16)25/h6-10,30H,4-5,11H2,1-3H3. The summed E-state index contributed by atoms with van der Waals surface area (Å²) in [6.45, 7) is 3.51. The highest BCUT2D eigenvalue weighted by Gasteiger charge is 2.20. The molecule has 0 atom stereocenters. The van der Waals surface area contributed by atoms with Gasteiger partial charge in [0.2, 0.25) is 5.95 Å². The average molecular weight is 431 g/mol. The van der Waals surface area contributed by atoms with Crippen LogP contribution in [0, 0.1) is 18.7 Å². The molecule has 0 radical (unpaired) electrons. The number of hydrogen-bond acceptors (Lipinski definition) is 3. The van der Waals surface area contributed by atoms with Crippen molar-refractivity contribution in [3.8, 4) is 17.1 Å². The maximum atomic E-state index is 14.6. The molecule has 2 aromatic carbocycles. The van der Waals surface area contributed by atoms with Crippen molar-refractivity contribution in [2.45, 2.75) is 33.3 Å². The number of halogens is 3. The number of aliphatic hydroxyl groups is 1. The molecule has 0 saturated heterocycles. The first-order chi connectivity index (χ1) is 14.3. The van der Waals surface area contributed by atoms with Gasteiger partial charge in [0.25, 0.3) is 0 Å². The summed E-state index contributed by atoms with van der Waals surface area (Å²) in [6, 6.07) is 8.29. The van der Waals surface area contributed by atoms with E-state index in [1.807, 2.05) is 6.92 Å². The number of fused-ring (bicyclic) bond motifs is 1. The first-order valence-corrected chi connectivity index (χ1v) is 10.0. The smallest absolute Gasteiger partial charge is 0.219 e. The fraction of sp³-hybridized carbons (Fsp3) is 0.273. The number of aryl methyl sites for hydroxylation is 2. The molecule has 2 heterocycles. The summed E-state index contributed by atoms with van der Waals surface area (Å²) in [4.78, 5) is 4.52. The molecule has 0 aliphatic carbocycles. The number of benzene rings is 2. The van der Waals surface area contributed by atoms with Crippen LogP contribution < -0.4 is 0 Å². The molecule has 8 heteroatoms. The molecule has 156 valence electrons. The number of imidazole rings is 1. The maximum absolute atomic E-state index is 14.6. The van der Waals surface area contributed by atoms with Crippen molar-refractivity contribution >= 4 is 22.5 Å². The molecular weight excluding hydrogens is 410 g/mol. The molecule has 0 bridgehead atoms. The third kappa shape index (κ3) is 3.28. The van der Waals surface area contributed by atoms with Crippen molar-refractivity contribution in [1.82, 2.24) is 19.3 Å². The Labute approximate surface area is 177 Å². The Morgan fingerprint density at radius 3 is 2.60 bits per heavy atom. The molecule has 4 rings (SSSR count). The summed E-state index contributed by atoms with van der Waals surface area (Å²) in [5, 5.41) is 14.4. The van der Waals surface area contributed by atoms with Gasteiger partial charge in [-0.25, -0.2) is 14.1 Å². The molecular formula is C22H21ClF2N4O. The van der Waals surface area contributed by atoms with Crippen molar-refractivity contribution < 1.29 is 13.9 Å². The van der Waals surface area contributed by atoms with Gasteiger partial charge in [-0.15, -0.1) is 0 Å². The van der Waals surface area contributed by atoms with E-state index in [-0.39, 0.29) is 22.8 Å². The van der Waals surface area contributed by atoms with Crippen LogP contribution in [-0.2, 0) is 20.1 Å². The quantitative estimate of drug-likeness (QED) is 0.478. The minimum atomic E-state index is -0.509. The highest BCUT2D eigenvalue weighted by Crippen LogP contribution is 2.33. The van der Waals surface area contributed by atoms with Gasteiger partial charge >= 0.3 is 0 Å². The zero-order valence-electron chi connectivity index (χ0n) is 16.9. The molecule has 30 heavy (non-hydrogen) atoms. The largest absolute Gasteiger partial charge is 0.390 e. The van der Waals surface area contributed by atoms with E-state index in [2.05, 4.69) is 10.1 Å². The lowest BCUT2D eigenvalue weighted by Gasteiger charge is -2.12. The van der Waals surface area contributed by atoms with E-state index >= 15 is 0 Å². The summed E-state index contributed by atoms with van der Waals surface area (Å²) in [5.41, 5.74) is 3.21. The van der Waals surface area contributed by atoms with Gasteiger partial charge < -0.3 is 5.11 Å². The fourth-order valence-electron chi connectivity index (χ4n) is 3.71. The van der Waals surface area contributed by atoms with E-state index in [1.165, 1.54) is 13.1 Å². The van der Waals surface area contributed by atoms with E-state index in [0.29, 0.717) is 46.0 Å². The molecule has 0 spiro atoms. The van der Waals surface area contributed by atoms with Crippen molar-refractivity contribution in [3.05, 3.63) is 64.1 Å². The molecule has 4 aromatic rings. The lowest BCUT2D eigenvalue weighted by atomic mass is 10.1. The van der Waals surface area contributed by atoms with Crippen molar-refractivity contribution in [2.24, 2.45) is 7.05 Å². The molecule has 1 N–H and O–H groups in total. The number of nitrogens with zero attached hydrogens (tertiary/aromatic N) is 4. The molecule has 0 fully saturated rings. The summed E-state index contributed by atoms with van der Waals surface area (Å²) in [7, 11) is 1.50. The van der Waals surface area contributed by atoms with Crippen LogP contribution in [0.2, 0.25) is 5.02 Å². The maximum Gasteiger partial charge on any atom is 0.219 e. The second-order valence-electron chi connectivity index (χ2n) is 7.26. The highest BCUT2D eigenvalue weighted by atomic mass is 35.5. The van der Waals surface area contributed by atoms with Crippen molar-refractivity contribution in [2.75, 3.05) is 0 Å². The Morgan fingerprint density at radius 2 is 1.93 bits per heavy atom. The van der Waals surface area contributed by atoms with Gasteiger partial charge in [-0.1, -0.05) is 37.1 Å². The first kappa shape index (κ1) is 20.5. The number of hydrogen-bond donors (Lipinski definition) is 1. The fourth-order valence-corrected chi connectivity index (χ4v) is 3.96.